The zero-order valence-corrected chi connectivity index (χ0v) is 16.1. The quantitative estimate of drug-likeness (QED) is 0.542. The van der Waals surface area contributed by atoms with Crippen LogP contribution in [0.1, 0.15) is 16.1 Å². The van der Waals surface area contributed by atoms with Crippen molar-refractivity contribution >= 4 is 34.1 Å². The third kappa shape index (κ3) is 3.01. The van der Waals surface area contributed by atoms with E-state index in [1.807, 2.05) is 53.9 Å². The Balaban J connectivity index is 1.34. The molecule has 7 nitrogen and oxygen atoms in total. The number of carbonyl (C=O) groups excluding carboxylic acids is 1. The van der Waals surface area contributed by atoms with E-state index in [0.29, 0.717) is 13.1 Å². The second-order valence-corrected chi connectivity index (χ2v) is 7.89. The van der Waals surface area contributed by atoms with Crippen molar-refractivity contribution in [3.8, 4) is 11.3 Å². The van der Waals surface area contributed by atoms with Gasteiger partial charge in [0.05, 0.1) is 16.9 Å². The van der Waals surface area contributed by atoms with Crippen molar-refractivity contribution < 1.29 is 4.79 Å². The number of nitrogens with one attached hydrogen (secondary N) is 2. The van der Waals surface area contributed by atoms with E-state index in [1.54, 1.807) is 11.3 Å². The van der Waals surface area contributed by atoms with Gasteiger partial charge >= 0.3 is 6.03 Å². The first-order valence-electron chi connectivity index (χ1n) is 9.06. The number of carbonyl (C=O) groups is 1. The van der Waals surface area contributed by atoms with Crippen LogP contribution in [0.3, 0.4) is 0 Å². The average molecular weight is 390 g/mol. The highest BCUT2D eigenvalue weighted by molar-refractivity contribution is 7.09. The summed E-state index contributed by atoms with van der Waals surface area (Å²) < 4.78 is 0. The van der Waals surface area contributed by atoms with Gasteiger partial charge in [0, 0.05) is 41.3 Å². The molecule has 0 radical (unpaired) electrons. The van der Waals surface area contributed by atoms with Crippen LogP contribution in [0.5, 0.6) is 0 Å². The highest BCUT2D eigenvalue weighted by Gasteiger charge is 2.23. The standard InChI is InChI=1S/C20H18N6OS/c1-12-23-18(11-28-12)13-3-2-4-15(7-13)24-20(27)26-6-5-16-14(10-26)8-21-19-17(16)9-22-25-19/h2-4,7-9,11H,5-6,10H2,1H3,(H,24,27)(H,21,22,25). The maximum absolute atomic E-state index is 12.8. The van der Waals surface area contributed by atoms with Crippen molar-refractivity contribution in [3.63, 3.8) is 0 Å². The van der Waals surface area contributed by atoms with Gasteiger partial charge in [-0.25, -0.2) is 14.8 Å². The second kappa shape index (κ2) is 6.72. The van der Waals surface area contributed by atoms with Gasteiger partial charge in [-0.1, -0.05) is 12.1 Å². The Bertz CT molecular complexity index is 1180. The molecule has 1 aliphatic rings. The zero-order valence-electron chi connectivity index (χ0n) is 15.3. The number of rotatable bonds is 2. The van der Waals surface area contributed by atoms with Crippen LogP contribution in [-0.2, 0) is 13.0 Å². The van der Waals surface area contributed by atoms with Gasteiger partial charge in [-0.3, -0.25) is 5.10 Å². The molecule has 0 spiro atoms. The summed E-state index contributed by atoms with van der Waals surface area (Å²) in [6.07, 6.45) is 4.43. The number of aromatic nitrogens is 4. The fourth-order valence-electron chi connectivity index (χ4n) is 3.58. The molecule has 0 saturated carbocycles. The highest BCUT2D eigenvalue weighted by Crippen LogP contribution is 2.27. The number of fused-ring (bicyclic) bond motifs is 3. The highest BCUT2D eigenvalue weighted by atomic mass is 32.1. The maximum atomic E-state index is 12.8. The number of H-pyrrole nitrogens is 1. The first-order valence-corrected chi connectivity index (χ1v) is 9.93. The molecule has 2 amide bonds. The summed E-state index contributed by atoms with van der Waals surface area (Å²) in [7, 11) is 0. The van der Waals surface area contributed by atoms with Gasteiger partial charge in [0.1, 0.15) is 0 Å². The van der Waals surface area contributed by atoms with Gasteiger partial charge < -0.3 is 10.2 Å². The first kappa shape index (κ1) is 16.9. The summed E-state index contributed by atoms with van der Waals surface area (Å²) in [4.78, 5) is 23.5. The minimum Gasteiger partial charge on any atom is -0.320 e. The van der Waals surface area contributed by atoms with E-state index < -0.39 is 0 Å². The van der Waals surface area contributed by atoms with Crippen molar-refractivity contribution in [3.05, 3.63) is 58.2 Å². The Morgan fingerprint density at radius 3 is 3.11 bits per heavy atom. The number of urea groups is 1. The molecule has 8 heteroatoms. The summed E-state index contributed by atoms with van der Waals surface area (Å²) >= 11 is 1.62. The minimum atomic E-state index is -0.107. The zero-order chi connectivity index (χ0) is 19.1. The fraction of sp³-hybridized carbons (Fsp3) is 0.200. The summed E-state index contributed by atoms with van der Waals surface area (Å²) in [6, 6.07) is 7.69. The Morgan fingerprint density at radius 1 is 1.32 bits per heavy atom. The van der Waals surface area contributed by atoms with Gasteiger partial charge in [0.15, 0.2) is 5.65 Å². The van der Waals surface area contributed by atoms with Crippen LogP contribution in [0.4, 0.5) is 10.5 Å². The van der Waals surface area contributed by atoms with Crippen LogP contribution in [-0.4, -0.2) is 37.6 Å². The Morgan fingerprint density at radius 2 is 2.25 bits per heavy atom. The lowest BCUT2D eigenvalue weighted by Gasteiger charge is -2.29. The van der Waals surface area contributed by atoms with Crippen molar-refractivity contribution in [2.24, 2.45) is 0 Å². The lowest BCUT2D eigenvalue weighted by Crippen LogP contribution is -2.39. The molecule has 1 aromatic carbocycles. The van der Waals surface area contributed by atoms with E-state index in [-0.39, 0.29) is 6.03 Å². The lowest BCUT2D eigenvalue weighted by atomic mass is 9.99. The van der Waals surface area contributed by atoms with Crippen LogP contribution in [0.25, 0.3) is 22.3 Å². The third-order valence-corrected chi connectivity index (χ3v) is 5.76. The van der Waals surface area contributed by atoms with Crippen LogP contribution < -0.4 is 5.32 Å². The summed E-state index contributed by atoms with van der Waals surface area (Å²) in [5, 5.41) is 14.1. The molecule has 28 heavy (non-hydrogen) atoms. The van der Waals surface area contributed by atoms with Gasteiger partial charge in [-0.15, -0.1) is 11.3 Å². The number of thiazole rings is 1. The molecule has 0 fully saturated rings. The molecule has 2 N–H and O–H groups in total. The van der Waals surface area contributed by atoms with Crippen LogP contribution in [0.15, 0.2) is 42.0 Å². The number of aromatic amines is 1. The number of pyridine rings is 1. The van der Waals surface area contributed by atoms with Crippen molar-refractivity contribution in [1.82, 2.24) is 25.1 Å². The number of amides is 2. The van der Waals surface area contributed by atoms with Crippen LogP contribution in [0, 0.1) is 6.92 Å². The minimum absolute atomic E-state index is 0.107. The van der Waals surface area contributed by atoms with Crippen molar-refractivity contribution in [2.45, 2.75) is 19.9 Å². The third-order valence-electron chi connectivity index (χ3n) is 4.99. The number of benzene rings is 1. The maximum Gasteiger partial charge on any atom is 0.322 e. The molecule has 4 heterocycles. The molecule has 0 saturated heterocycles. The molecule has 0 unspecified atom stereocenters. The van der Waals surface area contributed by atoms with Gasteiger partial charge in [-0.05, 0) is 36.6 Å². The number of aryl methyl sites for hydroxylation is 1. The SMILES string of the molecule is Cc1nc(-c2cccc(NC(=O)N3CCc4c(cnc5[nH]ncc45)C3)c2)cs1. The van der Waals surface area contributed by atoms with E-state index in [2.05, 4.69) is 25.5 Å². The van der Waals surface area contributed by atoms with Crippen molar-refractivity contribution in [1.29, 1.82) is 0 Å². The molecule has 0 atom stereocenters. The number of nitrogens with zero attached hydrogens (tertiary/aromatic N) is 4. The topological polar surface area (TPSA) is 86.8 Å². The normalized spacial score (nSPS) is 13.5. The van der Waals surface area contributed by atoms with Gasteiger partial charge in [-0.2, -0.15) is 5.10 Å². The molecular formula is C20H18N6OS. The number of anilines is 1. The van der Waals surface area contributed by atoms with E-state index in [1.165, 1.54) is 5.56 Å². The van der Waals surface area contributed by atoms with Gasteiger partial charge in [0.25, 0.3) is 0 Å². The van der Waals surface area contributed by atoms with Gasteiger partial charge in [0.2, 0.25) is 0 Å². The lowest BCUT2D eigenvalue weighted by molar-refractivity contribution is 0.206. The summed E-state index contributed by atoms with van der Waals surface area (Å²) in [6.45, 7) is 3.19. The van der Waals surface area contributed by atoms with Crippen molar-refractivity contribution in [2.75, 3.05) is 11.9 Å². The summed E-state index contributed by atoms with van der Waals surface area (Å²) in [5.74, 6) is 0. The molecule has 1 aliphatic heterocycles. The molecule has 0 aliphatic carbocycles. The molecule has 0 bridgehead atoms. The average Bonchev–Trinajstić information content (AvgIpc) is 3.36. The predicted molar refractivity (Wildman–Crippen MR) is 109 cm³/mol. The van der Waals surface area contributed by atoms with E-state index >= 15 is 0 Å². The Hall–Kier alpha value is -3.26. The fourth-order valence-corrected chi connectivity index (χ4v) is 4.21. The molecule has 4 aromatic rings. The second-order valence-electron chi connectivity index (χ2n) is 6.83. The number of hydrogen-bond donors (Lipinski definition) is 2. The molecule has 5 rings (SSSR count). The van der Waals surface area contributed by atoms with E-state index in [9.17, 15) is 4.79 Å². The first-order chi connectivity index (χ1) is 13.7. The largest absolute Gasteiger partial charge is 0.322 e. The summed E-state index contributed by atoms with van der Waals surface area (Å²) in [5.41, 5.74) is 5.79. The predicted octanol–water partition coefficient (Wildman–Crippen LogP) is 3.98. The smallest absolute Gasteiger partial charge is 0.320 e. The Kier molecular flexibility index (Phi) is 4.05. The Labute approximate surface area is 165 Å². The van der Waals surface area contributed by atoms with Crippen LogP contribution >= 0.6 is 11.3 Å². The molecule has 3 aromatic heterocycles. The van der Waals surface area contributed by atoms with Crippen LogP contribution in [0.2, 0.25) is 0 Å². The van der Waals surface area contributed by atoms with E-state index in [4.69, 9.17) is 0 Å². The molecular weight excluding hydrogens is 372 g/mol. The number of hydrogen-bond acceptors (Lipinski definition) is 5. The molecule has 140 valence electrons. The van der Waals surface area contributed by atoms with E-state index in [0.717, 1.165) is 45.0 Å². The monoisotopic (exact) mass is 390 g/mol.